The van der Waals surface area contributed by atoms with Crippen LogP contribution in [0.5, 0.6) is 5.75 Å². The molecule has 1 aromatic carbocycles. The van der Waals surface area contributed by atoms with E-state index in [1.807, 2.05) is 24.3 Å². The molecule has 10 nitrogen and oxygen atoms in total. The number of carbonyl (C=O) groups excluding carboxylic acids is 2. The number of nitrogens with zero attached hydrogens (tertiary/aromatic N) is 2. The van der Waals surface area contributed by atoms with E-state index in [1.54, 1.807) is 11.0 Å². The van der Waals surface area contributed by atoms with Crippen LogP contribution in [-0.4, -0.2) is 116 Å². The number of benzene rings is 1. The van der Waals surface area contributed by atoms with Gasteiger partial charge in [-0.25, -0.2) is 0 Å². The minimum Gasteiger partial charge on any atom is -0.486 e. The van der Waals surface area contributed by atoms with Gasteiger partial charge in [0.05, 0.1) is 44.3 Å². The van der Waals surface area contributed by atoms with Crippen molar-refractivity contribution in [2.24, 2.45) is 5.92 Å². The van der Waals surface area contributed by atoms with Crippen LogP contribution in [0, 0.1) is 5.92 Å². The van der Waals surface area contributed by atoms with Gasteiger partial charge in [-0.3, -0.25) is 14.5 Å². The summed E-state index contributed by atoms with van der Waals surface area (Å²) in [7, 11) is 0. The third-order valence-corrected chi connectivity index (χ3v) is 7.56. The maximum absolute atomic E-state index is 13.7. The molecule has 0 saturated carbocycles. The van der Waals surface area contributed by atoms with Crippen LogP contribution in [0.15, 0.2) is 35.9 Å². The van der Waals surface area contributed by atoms with Gasteiger partial charge in [-0.05, 0) is 18.6 Å². The van der Waals surface area contributed by atoms with E-state index in [0.29, 0.717) is 57.3 Å². The van der Waals surface area contributed by atoms with Crippen LogP contribution in [0.4, 0.5) is 0 Å². The summed E-state index contributed by atoms with van der Waals surface area (Å²) in [4.78, 5) is 30.9. The van der Waals surface area contributed by atoms with Gasteiger partial charge < -0.3 is 34.6 Å². The molecule has 2 fully saturated rings. The predicted molar refractivity (Wildman–Crippen MR) is 129 cm³/mol. The number of hydrogen-bond donors (Lipinski definition) is 3. The molecule has 2 amide bonds. The summed E-state index contributed by atoms with van der Waals surface area (Å²) in [5.74, 6) is -0.520. The van der Waals surface area contributed by atoms with E-state index in [1.165, 1.54) is 0 Å². The summed E-state index contributed by atoms with van der Waals surface area (Å²) in [5.41, 5.74) is 1.28. The first-order valence-electron chi connectivity index (χ1n) is 12.8. The van der Waals surface area contributed by atoms with Crippen molar-refractivity contribution < 1.29 is 34.0 Å². The number of nitrogens with one attached hydrogen (secondary N) is 1. The molecule has 0 spiro atoms. The predicted octanol–water partition coefficient (Wildman–Crippen LogP) is -0.493. The molecule has 36 heavy (non-hydrogen) atoms. The van der Waals surface area contributed by atoms with Crippen LogP contribution in [0.1, 0.15) is 17.9 Å². The molecule has 1 aromatic rings. The van der Waals surface area contributed by atoms with Crippen molar-refractivity contribution in [3.63, 3.8) is 0 Å². The smallest absolute Gasteiger partial charge is 0.247 e. The summed E-state index contributed by atoms with van der Waals surface area (Å²) in [6.45, 7) is 4.75. The summed E-state index contributed by atoms with van der Waals surface area (Å²) < 4.78 is 17.1. The van der Waals surface area contributed by atoms with Crippen molar-refractivity contribution in [1.29, 1.82) is 0 Å². The molecule has 10 heteroatoms. The monoisotopic (exact) mass is 501 g/mol. The SMILES string of the molecule is O=C(NCCO)C1=CC(N(CCN2CCOCC2)C(=O)C2CCOC2)C(O)C2Oc3ccccc3C12. The third-order valence-electron chi connectivity index (χ3n) is 7.56. The molecule has 0 radical (unpaired) electrons. The van der Waals surface area contributed by atoms with Crippen molar-refractivity contribution >= 4 is 11.8 Å². The maximum atomic E-state index is 13.7. The number of fused-ring (bicyclic) bond motifs is 3. The second-order valence-corrected chi connectivity index (χ2v) is 9.73. The second kappa shape index (κ2) is 11.3. The van der Waals surface area contributed by atoms with Gasteiger partial charge in [0.15, 0.2) is 0 Å². The van der Waals surface area contributed by atoms with Crippen LogP contribution in [-0.2, 0) is 19.1 Å². The molecule has 3 heterocycles. The molecular formula is C26H35N3O7. The van der Waals surface area contributed by atoms with Gasteiger partial charge in [-0.15, -0.1) is 0 Å². The normalized spacial score (nSPS) is 29.6. The first kappa shape index (κ1) is 25.2. The molecule has 3 N–H and O–H groups in total. The van der Waals surface area contributed by atoms with E-state index in [-0.39, 0.29) is 30.9 Å². The molecular weight excluding hydrogens is 466 g/mol. The van der Waals surface area contributed by atoms with Gasteiger partial charge in [-0.2, -0.15) is 0 Å². The molecule has 4 aliphatic rings. The van der Waals surface area contributed by atoms with Crippen molar-refractivity contribution in [2.45, 2.75) is 30.6 Å². The standard InChI is InChI=1S/C26H35N3O7/c30-11-6-27-25(32)19-15-20(23(31)24-22(19)18-3-1-2-4-21(18)36-24)29(26(33)17-5-12-35-16-17)8-7-28-9-13-34-14-10-28/h1-4,15,17,20,22-24,30-31H,5-14,16H2,(H,27,32). The summed E-state index contributed by atoms with van der Waals surface area (Å²) >= 11 is 0. The molecule has 0 aromatic heterocycles. The number of carbonyl (C=O) groups is 2. The number of aliphatic hydroxyl groups excluding tert-OH is 2. The zero-order chi connectivity index (χ0) is 25.1. The fraction of sp³-hybridized carbons (Fsp3) is 0.615. The van der Waals surface area contributed by atoms with E-state index in [0.717, 1.165) is 18.7 Å². The zero-order valence-corrected chi connectivity index (χ0v) is 20.4. The number of rotatable bonds is 8. The average molecular weight is 502 g/mol. The van der Waals surface area contributed by atoms with Crippen LogP contribution in [0.2, 0.25) is 0 Å². The molecule has 0 bridgehead atoms. The Hall–Kier alpha value is -2.50. The highest BCUT2D eigenvalue weighted by Gasteiger charge is 2.50. The molecule has 3 aliphatic heterocycles. The van der Waals surface area contributed by atoms with Gasteiger partial charge in [-0.1, -0.05) is 18.2 Å². The Labute approximate surface area is 210 Å². The van der Waals surface area contributed by atoms with Gasteiger partial charge in [0, 0.05) is 50.5 Å². The van der Waals surface area contributed by atoms with Gasteiger partial charge >= 0.3 is 0 Å². The Morgan fingerprint density at radius 3 is 2.69 bits per heavy atom. The highest BCUT2D eigenvalue weighted by molar-refractivity contribution is 5.96. The fourth-order valence-corrected chi connectivity index (χ4v) is 5.64. The van der Waals surface area contributed by atoms with Crippen LogP contribution in [0.3, 0.4) is 0 Å². The highest BCUT2D eigenvalue weighted by Crippen LogP contribution is 2.47. The van der Waals surface area contributed by atoms with Crippen molar-refractivity contribution in [1.82, 2.24) is 15.1 Å². The Balaban J connectivity index is 1.47. The lowest BCUT2D eigenvalue weighted by atomic mass is 9.77. The van der Waals surface area contributed by atoms with Crippen molar-refractivity contribution in [3.05, 3.63) is 41.5 Å². The molecule has 2 saturated heterocycles. The van der Waals surface area contributed by atoms with Crippen molar-refractivity contribution in [2.75, 3.05) is 65.8 Å². The Bertz CT molecular complexity index is 974. The van der Waals surface area contributed by atoms with Gasteiger partial charge in [0.25, 0.3) is 0 Å². The van der Waals surface area contributed by atoms with E-state index in [4.69, 9.17) is 14.2 Å². The van der Waals surface area contributed by atoms with E-state index >= 15 is 0 Å². The minimum atomic E-state index is -1.02. The number of ether oxygens (including phenoxy) is 3. The average Bonchev–Trinajstić information content (AvgIpc) is 3.58. The Kier molecular flexibility index (Phi) is 7.87. The third kappa shape index (κ3) is 5.01. The lowest BCUT2D eigenvalue weighted by Gasteiger charge is -2.42. The quantitative estimate of drug-likeness (QED) is 0.436. The topological polar surface area (TPSA) is 121 Å². The molecule has 5 unspecified atom stereocenters. The Morgan fingerprint density at radius 1 is 1.14 bits per heavy atom. The first-order chi connectivity index (χ1) is 17.6. The number of hydrogen-bond acceptors (Lipinski definition) is 8. The van der Waals surface area contributed by atoms with Gasteiger partial charge in [0.1, 0.15) is 18.0 Å². The van der Waals surface area contributed by atoms with Crippen LogP contribution >= 0.6 is 0 Å². The fourth-order valence-electron chi connectivity index (χ4n) is 5.64. The second-order valence-electron chi connectivity index (χ2n) is 9.73. The molecule has 5 rings (SSSR count). The number of aliphatic hydroxyl groups is 2. The molecule has 196 valence electrons. The van der Waals surface area contributed by atoms with Crippen LogP contribution < -0.4 is 10.1 Å². The lowest BCUT2D eigenvalue weighted by molar-refractivity contribution is -0.141. The maximum Gasteiger partial charge on any atom is 0.247 e. The summed E-state index contributed by atoms with van der Waals surface area (Å²) in [6.07, 6.45) is 0.646. The number of amides is 2. The van der Waals surface area contributed by atoms with Gasteiger partial charge in [0.2, 0.25) is 11.8 Å². The number of morpholine rings is 1. The van der Waals surface area contributed by atoms with Crippen LogP contribution in [0.25, 0.3) is 0 Å². The zero-order valence-electron chi connectivity index (χ0n) is 20.4. The Morgan fingerprint density at radius 2 is 1.94 bits per heavy atom. The first-order valence-corrected chi connectivity index (χ1v) is 12.8. The highest BCUT2D eigenvalue weighted by atomic mass is 16.5. The molecule has 5 atom stereocenters. The lowest BCUT2D eigenvalue weighted by Crippen LogP contribution is -2.58. The van der Waals surface area contributed by atoms with Crippen molar-refractivity contribution in [3.8, 4) is 5.75 Å². The largest absolute Gasteiger partial charge is 0.486 e. The minimum absolute atomic E-state index is 0.0786. The number of para-hydroxylation sites is 1. The van der Waals surface area contributed by atoms with E-state index in [2.05, 4.69) is 10.2 Å². The molecule has 1 aliphatic carbocycles. The van der Waals surface area contributed by atoms with E-state index in [9.17, 15) is 19.8 Å². The summed E-state index contributed by atoms with van der Waals surface area (Å²) in [5, 5.41) is 23.6. The summed E-state index contributed by atoms with van der Waals surface area (Å²) in [6, 6.07) is 6.73. The van der Waals surface area contributed by atoms with E-state index < -0.39 is 24.2 Å².